The average Bonchev–Trinajstić information content (AvgIpc) is 2.52. The van der Waals surface area contributed by atoms with Gasteiger partial charge in [0.25, 0.3) is 0 Å². The molecule has 0 aliphatic carbocycles. The molecule has 1 saturated heterocycles. The highest BCUT2D eigenvalue weighted by Gasteiger charge is 2.17. The second-order valence-electron chi connectivity index (χ2n) is 1.38. The van der Waals surface area contributed by atoms with E-state index in [-0.39, 0.29) is 0 Å². The van der Waals surface area contributed by atoms with Gasteiger partial charge in [0.05, 0.1) is 6.54 Å². The van der Waals surface area contributed by atoms with Crippen LogP contribution in [0.25, 0.3) is 0 Å². The Bertz CT molecular complexity index is 101. The van der Waals surface area contributed by atoms with Crippen molar-refractivity contribution in [2.24, 2.45) is 0 Å². The zero-order valence-corrected chi connectivity index (χ0v) is 8.72. The molecule has 0 aromatic rings. The number of nitrogens with zero attached hydrogens (tertiary/aromatic N) is 1. The van der Waals surface area contributed by atoms with Crippen LogP contribution in [0.4, 0.5) is 0 Å². The van der Waals surface area contributed by atoms with E-state index in [4.69, 9.17) is 0 Å². The van der Waals surface area contributed by atoms with Crippen molar-refractivity contribution in [3.05, 3.63) is 25.1 Å². The Kier molecular flexibility index (Phi) is 5.03. The van der Waals surface area contributed by atoms with Crippen LogP contribution in [0, 0.1) is 0 Å². The summed E-state index contributed by atoms with van der Waals surface area (Å²) >= 11 is 4.24. The van der Waals surface area contributed by atoms with Gasteiger partial charge in [0, 0.05) is 42.9 Å². The van der Waals surface area contributed by atoms with Crippen molar-refractivity contribution in [3.63, 3.8) is 0 Å². The van der Waals surface area contributed by atoms with E-state index in [1.54, 1.807) is 6.20 Å². The molecule has 1 aliphatic heterocycles. The Morgan fingerprint density at radius 1 is 1.62 bits per heavy atom. The molecule has 0 atom stereocenters. The van der Waals surface area contributed by atoms with Gasteiger partial charge in [-0.3, -0.25) is 0 Å². The van der Waals surface area contributed by atoms with Crippen LogP contribution in [0.5, 0.6) is 0 Å². The summed E-state index contributed by atoms with van der Waals surface area (Å²) in [6.45, 7) is 8.23. The van der Waals surface area contributed by atoms with Gasteiger partial charge < -0.3 is 4.90 Å². The number of hydrogen-bond acceptors (Lipinski definition) is 1. The van der Waals surface area contributed by atoms with Gasteiger partial charge in [-0.05, 0) is 6.20 Å². The molecule has 0 radical (unpaired) electrons. The molecule has 1 fully saturated rings. The first-order chi connectivity index (χ1) is 3.84. The molecule has 0 spiro atoms. The fourth-order valence-electron chi connectivity index (χ4n) is 0.355. The lowest BCUT2D eigenvalue weighted by Crippen LogP contribution is -1.72. The zero-order chi connectivity index (χ0) is 6.57. The van der Waals surface area contributed by atoms with Gasteiger partial charge in [0.2, 0.25) is 0 Å². The first-order valence-electron chi connectivity index (χ1n) is 2.06. The smallest absolute Gasteiger partial charge is 0.0619 e. The van der Waals surface area contributed by atoms with Crippen molar-refractivity contribution in [3.8, 4) is 0 Å². The fourth-order valence-corrected chi connectivity index (χ4v) is 0.355. The molecule has 0 N–H and O–H groups in total. The van der Waals surface area contributed by atoms with Crippen molar-refractivity contribution >= 4 is 37.2 Å². The highest BCUT2D eigenvalue weighted by Crippen LogP contribution is 2.17. The molecule has 46 valence electrons. The van der Waals surface area contributed by atoms with Crippen LogP contribution in [-0.2, 0) is 0 Å². The molecule has 1 nitrogen and oxygen atoms in total. The second kappa shape index (κ2) is 4.60. The number of halogens is 2. The zero-order valence-electron chi connectivity index (χ0n) is 4.40. The molecule has 3 heteroatoms. The normalized spacial score (nSPS) is 14.2. The van der Waals surface area contributed by atoms with Crippen molar-refractivity contribution < 1.29 is 0 Å². The Morgan fingerprint density at radius 3 is 2.00 bits per heavy atom. The van der Waals surface area contributed by atoms with Crippen molar-refractivity contribution in [1.29, 1.82) is 0 Å². The predicted molar refractivity (Wildman–Crippen MR) is 54.1 cm³/mol. The summed E-state index contributed by atoms with van der Waals surface area (Å²) in [5.41, 5.74) is 1.17. The van der Waals surface area contributed by atoms with Gasteiger partial charge in [-0.15, -0.1) is 0 Å². The van der Waals surface area contributed by atoms with Gasteiger partial charge in [0.15, 0.2) is 0 Å². The van der Waals surface area contributed by atoms with E-state index in [0.29, 0.717) is 0 Å². The molecule has 1 aliphatic rings. The van der Waals surface area contributed by atoms with Crippen LogP contribution in [0.1, 0.15) is 0 Å². The van der Waals surface area contributed by atoms with Gasteiger partial charge >= 0.3 is 0 Å². The summed E-state index contributed by atoms with van der Waals surface area (Å²) in [5.74, 6) is 0. The maximum absolute atomic E-state index is 3.67. The quantitative estimate of drug-likeness (QED) is 0.526. The lowest BCUT2D eigenvalue weighted by Gasteiger charge is -1.78. The first-order valence-corrected chi connectivity index (χ1v) is 8.34. The maximum Gasteiger partial charge on any atom is 0.0619 e. The Morgan fingerprint density at radius 2 is 2.00 bits per heavy atom. The van der Waals surface area contributed by atoms with Crippen molar-refractivity contribution in [2.45, 2.75) is 0 Å². The summed E-state index contributed by atoms with van der Waals surface area (Å²) in [5, 5.41) is 0. The number of rotatable bonds is 1. The first kappa shape index (κ1) is 8.74. The van der Waals surface area contributed by atoms with E-state index >= 15 is 0 Å². The van der Waals surface area contributed by atoms with E-state index in [1.165, 1.54) is 5.70 Å². The molecular weight excluding hydrogens is 328 g/mol. The Labute approximate surface area is 73.1 Å². The standard InChI is InChI=1S/C5H7N.I2/c1-3-6-4-5(6)2;1-2/h3H,1-2,4H2;. The lowest BCUT2D eigenvalue weighted by atomic mass is 10.8. The minimum Gasteiger partial charge on any atom is -0.345 e. The SMILES string of the molecule is C=CN1CC1=C.II. The van der Waals surface area contributed by atoms with Crippen molar-refractivity contribution in [1.82, 2.24) is 4.90 Å². The summed E-state index contributed by atoms with van der Waals surface area (Å²) in [7, 11) is 0. The maximum atomic E-state index is 3.67. The van der Waals surface area contributed by atoms with Gasteiger partial charge in [-0.25, -0.2) is 0 Å². The van der Waals surface area contributed by atoms with Crippen LogP contribution in [0.3, 0.4) is 0 Å². The number of hydrogen-bond donors (Lipinski definition) is 0. The van der Waals surface area contributed by atoms with Crippen LogP contribution < -0.4 is 0 Å². The Hall–Kier alpha value is 0.740. The molecule has 1 heterocycles. The van der Waals surface area contributed by atoms with Gasteiger partial charge in [-0.2, -0.15) is 0 Å². The topological polar surface area (TPSA) is 3.01 Å². The van der Waals surface area contributed by atoms with Crippen LogP contribution in [0.2, 0.25) is 0 Å². The molecule has 0 unspecified atom stereocenters. The predicted octanol–water partition coefficient (Wildman–Crippen LogP) is 2.73. The molecule has 0 saturated carbocycles. The summed E-state index contributed by atoms with van der Waals surface area (Å²) in [6.07, 6.45) is 1.78. The van der Waals surface area contributed by atoms with Crippen molar-refractivity contribution in [2.75, 3.05) is 6.54 Å². The lowest BCUT2D eigenvalue weighted by molar-refractivity contribution is 0.810. The monoisotopic (exact) mass is 335 g/mol. The molecule has 1 rings (SSSR count). The summed E-state index contributed by atoms with van der Waals surface area (Å²) in [6, 6.07) is 0. The van der Waals surface area contributed by atoms with E-state index in [9.17, 15) is 0 Å². The van der Waals surface area contributed by atoms with Gasteiger partial charge in [0.1, 0.15) is 0 Å². The minimum atomic E-state index is 1.02. The summed E-state index contributed by atoms with van der Waals surface area (Å²) in [4.78, 5) is 1.99. The van der Waals surface area contributed by atoms with Crippen LogP contribution in [0.15, 0.2) is 25.1 Å². The molecule has 0 bridgehead atoms. The van der Waals surface area contributed by atoms with E-state index in [1.807, 2.05) is 4.90 Å². The third-order valence-corrected chi connectivity index (χ3v) is 0.876. The third-order valence-electron chi connectivity index (χ3n) is 0.876. The molecule has 0 aromatic heterocycles. The highest BCUT2D eigenvalue weighted by molar-refractivity contribution is 15.0. The van der Waals surface area contributed by atoms with Crippen LogP contribution in [-0.4, -0.2) is 11.4 Å². The molecule has 0 amide bonds. The fraction of sp³-hybridized carbons (Fsp3) is 0.200. The third kappa shape index (κ3) is 2.91. The molecule has 0 aromatic carbocycles. The van der Waals surface area contributed by atoms with E-state index in [0.717, 1.165) is 6.54 Å². The van der Waals surface area contributed by atoms with E-state index in [2.05, 4.69) is 50.4 Å². The average molecular weight is 335 g/mol. The summed E-state index contributed by atoms with van der Waals surface area (Å²) < 4.78 is 0. The Balaban J connectivity index is 0.000000222. The minimum absolute atomic E-state index is 1.02. The second-order valence-corrected chi connectivity index (χ2v) is 1.38. The van der Waals surface area contributed by atoms with E-state index < -0.39 is 0 Å². The largest absolute Gasteiger partial charge is 0.345 e. The van der Waals surface area contributed by atoms with Crippen LogP contribution >= 0.6 is 37.2 Å². The van der Waals surface area contributed by atoms with Gasteiger partial charge in [-0.1, -0.05) is 13.2 Å². The molecule has 8 heavy (non-hydrogen) atoms. The molecular formula is C5H7I2N. The highest BCUT2D eigenvalue weighted by atomic mass is 128.